The number of benzene rings is 1. The Kier molecular flexibility index (Phi) is 8.63. The number of aliphatic hydroxyl groups is 3. The van der Waals surface area contributed by atoms with Crippen LogP contribution < -0.4 is 0 Å². The molecule has 0 spiro atoms. The van der Waals surface area contributed by atoms with Crippen molar-refractivity contribution in [3.63, 3.8) is 0 Å². The first-order chi connectivity index (χ1) is 20.5. The van der Waals surface area contributed by atoms with Gasteiger partial charge in [-0.2, -0.15) is 0 Å². The molecule has 3 aliphatic carbocycles. The summed E-state index contributed by atoms with van der Waals surface area (Å²) in [5, 5.41) is 47.0. The molecule has 4 rings (SSSR count). The van der Waals surface area contributed by atoms with Crippen LogP contribution >= 0.6 is 0 Å². The van der Waals surface area contributed by atoms with E-state index in [-0.39, 0.29) is 65.6 Å². The molecule has 4 N–H and O–H groups in total. The number of hydrogen-bond acceptors (Lipinski definition) is 8. The first-order valence-electron chi connectivity index (χ1n) is 16.1. The van der Waals surface area contributed by atoms with Crippen LogP contribution in [0.5, 0.6) is 5.75 Å². The second kappa shape index (κ2) is 11.2. The van der Waals surface area contributed by atoms with Crippen molar-refractivity contribution in [1.29, 1.82) is 0 Å². The van der Waals surface area contributed by atoms with Gasteiger partial charge in [0.05, 0.1) is 5.56 Å². The van der Waals surface area contributed by atoms with E-state index in [4.69, 9.17) is 0 Å². The topological polar surface area (TPSA) is 149 Å². The minimum absolute atomic E-state index is 0.0119. The summed E-state index contributed by atoms with van der Waals surface area (Å²) in [6.45, 7) is 18.4. The van der Waals surface area contributed by atoms with Crippen molar-refractivity contribution in [2.75, 3.05) is 0 Å². The highest BCUT2D eigenvalue weighted by molar-refractivity contribution is 6.25. The van der Waals surface area contributed by atoms with Crippen LogP contribution in [0.3, 0.4) is 0 Å². The fourth-order valence-electron chi connectivity index (χ4n) is 8.51. The predicted molar refractivity (Wildman–Crippen MR) is 171 cm³/mol. The summed E-state index contributed by atoms with van der Waals surface area (Å²) in [6.07, 6.45) is 1.87. The minimum Gasteiger partial charge on any atom is -0.511 e. The Bertz CT molecular complexity index is 1550. The normalized spacial score (nSPS) is 28.4. The summed E-state index contributed by atoms with van der Waals surface area (Å²) >= 11 is 0. The van der Waals surface area contributed by atoms with Crippen LogP contribution in [0.15, 0.2) is 28.7 Å². The van der Waals surface area contributed by atoms with E-state index in [1.165, 1.54) is 0 Å². The summed E-state index contributed by atoms with van der Waals surface area (Å²) < 4.78 is 0. The molecule has 1 aromatic carbocycles. The van der Waals surface area contributed by atoms with Crippen LogP contribution in [0, 0.1) is 28.1 Å². The molecule has 0 heterocycles. The van der Waals surface area contributed by atoms with Gasteiger partial charge in [-0.25, -0.2) is 0 Å². The Morgan fingerprint density at radius 1 is 1.02 bits per heavy atom. The Morgan fingerprint density at radius 3 is 2.13 bits per heavy atom. The molecule has 0 fully saturated rings. The predicted octanol–water partition coefficient (Wildman–Crippen LogP) is 6.80. The van der Waals surface area contributed by atoms with Gasteiger partial charge in [0.25, 0.3) is 0 Å². The molecule has 0 bridgehead atoms. The number of aromatic hydroxyl groups is 1. The number of ketones is 4. The van der Waals surface area contributed by atoms with E-state index >= 15 is 0 Å². The average Bonchev–Trinajstić information content (AvgIpc) is 2.88. The van der Waals surface area contributed by atoms with E-state index in [2.05, 4.69) is 20.8 Å². The number of allylic oxidation sites excluding steroid dienone is 2. The number of carbonyl (C=O) groups excluding carboxylic acids is 4. The summed E-state index contributed by atoms with van der Waals surface area (Å²) in [6, 6.07) is 1.87. The van der Waals surface area contributed by atoms with Crippen molar-refractivity contribution in [2.45, 2.75) is 119 Å². The van der Waals surface area contributed by atoms with E-state index in [0.717, 1.165) is 18.9 Å². The molecule has 0 aliphatic heterocycles. The third-order valence-electron chi connectivity index (χ3n) is 10.6. The number of phenolic OH excluding ortho intramolecular Hbond substituents is 1. The molecule has 8 heteroatoms. The second-order valence-electron chi connectivity index (χ2n) is 16.0. The average molecular weight is 623 g/mol. The van der Waals surface area contributed by atoms with Crippen molar-refractivity contribution in [2.24, 2.45) is 28.1 Å². The van der Waals surface area contributed by atoms with E-state index in [0.29, 0.717) is 17.5 Å². The number of hydrogen-bond donors (Lipinski definition) is 4. The van der Waals surface area contributed by atoms with E-state index < -0.39 is 56.8 Å². The van der Waals surface area contributed by atoms with E-state index in [9.17, 15) is 39.6 Å². The third kappa shape index (κ3) is 5.27. The van der Waals surface area contributed by atoms with Crippen molar-refractivity contribution < 1.29 is 39.6 Å². The van der Waals surface area contributed by atoms with Gasteiger partial charge >= 0.3 is 0 Å². The van der Waals surface area contributed by atoms with Gasteiger partial charge in [0.15, 0.2) is 17.2 Å². The molecule has 1 aromatic rings. The second-order valence-corrected chi connectivity index (χ2v) is 16.0. The van der Waals surface area contributed by atoms with Crippen LogP contribution in [-0.4, -0.2) is 49.2 Å². The van der Waals surface area contributed by atoms with Crippen molar-refractivity contribution in [3.8, 4) is 5.75 Å². The fourth-order valence-corrected chi connectivity index (χ4v) is 8.51. The van der Waals surface area contributed by atoms with Gasteiger partial charge in [-0.1, -0.05) is 68.4 Å². The highest BCUT2D eigenvalue weighted by Gasteiger charge is 2.71. The summed E-state index contributed by atoms with van der Waals surface area (Å²) in [4.78, 5) is 53.7. The highest BCUT2D eigenvalue weighted by atomic mass is 16.3. The lowest BCUT2D eigenvalue weighted by Gasteiger charge is -2.59. The first kappa shape index (κ1) is 34.6. The number of fused-ring (bicyclic) bond motifs is 3. The molecular weight excluding hydrogens is 572 g/mol. The maximum absolute atomic E-state index is 14.5. The third-order valence-corrected chi connectivity index (χ3v) is 10.6. The summed E-state index contributed by atoms with van der Waals surface area (Å²) in [7, 11) is 0. The molecule has 0 saturated heterocycles. The number of rotatable bonds is 8. The molecule has 3 aliphatic rings. The standard InChI is InChI=1S/C37H50O8/c1-18(2)23-15-21(11-12-22(39)13-14-34(6,7)8)29(40)26-24(23)16-35(9)17-36(10)27(19(3)4)30(41)25(20(5)38)32(43)37(36,45)33(44)28(35)31(26)42/h15,18-19,27,40-41,44-45H,11-14,16-17H2,1-10H3/t27?,35-,36-,37+/m1/s1. The van der Waals surface area contributed by atoms with Crippen molar-refractivity contribution in [3.05, 3.63) is 51.0 Å². The van der Waals surface area contributed by atoms with Gasteiger partial charge in [-0.05, 0) is 66.5 Å². The number of aliphatic hydroxyl groups excluding tert-OH is 2. The van der Waals surface area contributed by atoms with E-state index in [1.807, 2.05) is 33.8 Å². The molecule has 0 aromatic heterocycles. The molecule has 1 unspecified atom stereocenters. The fraction of sp³-hybridized carbons (Fsp3) is 0.622. The maximum Gasteiger partial charge on any atom is 0.209 e. The smallest absolute Gasteiger partial charge is 0.209 e. The maximum atomic E-state index is 14.5. The SMILES string of the molecule is CC(=O)C1=C(O)C(C(C)C)[C@@]2(C)C[C@@]3(C)Cc4c(C(C)C)cc(CCC(=O)CCC(C)(C)C)c(O)c4C(=O)C3=C(O)[C@@]2(O)C1=O. The van der Waals surface area contributed by atoms with Crippen LogP contribution in [0.1, 0.15) is 128 Å². The summed E-state index contributed by atoms with van der Waals surface area (Å²) in [5.74, 6) is -5.24. The van der Waals surface area contributed by atoms with Gasteiger partial charge in [-0.3, -0.25) is 19.2 Å². The Balaban J connectivity index is 1.91. The monoisotopic (exact) mass is 622 g/mol. The Labute approximate surface area is 266 Å². The van der Waals surface area contributed by atoms with Crippen LogP contribution in [0.4, 0.5) is 0 Å². The molecule has 0 amide bonds. The summed E-state index contributed by atoms with van der Waals surface area (Å²) in [5.41, 5.74) is -3.96. The van der Waals surface area contributed by atoms with Gasteiger partial charge in [0, 0.05) is 35.2 Å². The zero-order valence-electron chi connectivity index (χ0n) is 28.5. The lowest BCUT2D eigenvalue weighted by atomic mass is 9.44. The van der Waals surface area contributed by atoms with Crippen LogP contribution in [-0.2, 0) is 27.2 Å². The minimum atomic E-state index is -2.65. The molecule has 45 heavy (non-hydrogen) atoms. The number of phenols is 1. The lowest BCUT2D eigenvalue weighted by molar-refractivity contribution is -0.171. The van der Waals surface area contributed by atoms with Gasteiger partial charge in [-0.15, -0.1) is 0 Å². The number of Topliss-reactive ketones (excluding diaryl/α,β-unsaturated/α-hetero) is 4. The molecular formula is C37H50O8. The van der Waals surface area contributed by atoms with Gasteiger partial charge < -0.3 is 20.4 Å². The Morgan fingerprint density at radius 2 is 1.62 bits per heavy atom. The van der Waals surface area contributed by atoms with Crippen molar-refractivity contribution >= 4 is 23.1 Å². The zero-order valence-corrected chi connectivity index (χ0v) is 28.5. The number of carbonyl (C=O) groups is 4. The van der Waals surface area contributed by atoms with Crippen LogP contribution in [0.25, 0.3) is 0 Å². The number of aryl methyl sites for hydroxylation is 1. The Hall–Kier alpha value is -3.26. The zero-order chi connectivity index (χ0) is 34.2. The van der Waals surface area contributed by atoms with Crippen molar-refractivity contribution in [1.82, 2.24) is 0 Å². The van der Waals surface area contributed by atoms with Gasteiger partial charge in [0.1, 0.15) is 28.6 Å². The van der Waals surface area contributed by atoms with Crippen LogP contribution in [0.2, 0.25) is 0 Å². The molecule has 8 nitrogen and oxygen atoms in total. The van der Waals surface area contributed by atoms with Gasteiger partial charge in [0.2, 0.25) is 5.78 Å². The molecule has 4 atom stereocenters. The van der Waals surface area contributed by atoms with E-state index in [1.54, 1.807) is 13.8 Å². The quantitative estimate of drug-likeness (QED) is 0.231. The highest BCUT2D eigenvalue weighted by Crippen LogP contribution is 2.65. The molecule has 0 radical (unpaired) electrons. The molecule has 246 valence electrons. The lowest BCUT2D eigenvalue weighted by Crippen LogP contribution is -2.67. The first-order valence-corrected chi connectivity index (χ1v) is 16.1. The molecule has 0 saturated carbocycles. The largest absolute Gasteiger partial charge is 0.511 e.